The van der Waals surface area contributed by atoms with Crippen LogP contribution in [0.4, 0.5) is 0 Å². The smallest absolute Gasteiger partial charge is 0.338 e. The Bertz CT molecular complexity index is 1290. The van der Waals surface area contributed by atoms with Crippen LogP contribution in [0.1, 0.15) is 117 Å². The van der Waals surface area contributed by atoms with Crippen molar-refractivity contribution in [3.8, 4) is 0 Å². The van der Waals surface area contributed by atoms with Crippen LogP contribution >= 0.6 is 0 Å². The van der Waals surface area contributed by atoms with Crippen molar-refractivity contribution in [1.82, 2.24) is 0 Å². The van der Waals surface area contributed by atoms with E-state index in [2.05, 4.69) is 34.6 Å². The van der Waals surface area contributed by atoms with Gasteiger partial charge in [-0.05, 0) is 124 Å². The molecule has 1 unspecified atom stereocenters. The van der Waals surface area contributed by atoms with E-state index in [9.17, 15) is 20.1 Å². The number of aliphatic hydroxyl groups is 3. The molecule has 6 aliphatic rings. The topological polar surface area (TPSA) is 96.2 Å². The Labute approximate surface area is 257 Å². The Hall–Kier alpha value is -1.47. The van der Waals surface area contributed by atoms with Gasteiger partial charge in [0.25, 0.3) is 0 Å². The van der Waals surface area contributed by atoms with Crippen molar-refractivity contribution in [3.63, 3.8) is 0 Å². The van der Waals surface area contributed by atoms with Gasteiger partial charge in [0, 0.05) is 11.3 Å². The van der Waals surface area contributed by atoms with Gasteiger partial charge < -0.3 is 24.8 Å². The molecule has 1 aromatic carbocycles. The Morgan fingerprint density at radius 1 is 0.884 bits per heavy atom. The highest BCUT2D eigenvalue weighted by atomic mass is 16.5. The molecule has 5 aliphatic carbocycles. The largest absolute Gasteiger partial charge is 0.458 e. The van der Waals surface area contributed by atoms with Gasteiger partial charge in [0.05, 0.1) is 35.1 Å². The molecule has 6 nitrogen and oxygen atoms in total. The van der Waals surface area contributed by atoms with Gasteiger partial charge in [-0.2, -0.15) is 0 Å². The maximum Gasteiger partial charge on any atom is 0.338 e. The molecule has 7 rings (SSSR count). The minimum atomic E-state index is -0.911. The molecule has 2 spiro atoms. The third-order valence-electron chi connectivity index (χ3n) is 15.0. The quantitative estimate of drug-likeness (QED) is 0.354. The number of fused-ring (bicyclic) bond motifs is 2. The van der Waals surface area contributed by atoms with Crippen molar-refractivity contribution >= 4 is 5.97 Å². The van der Waals surface area contributed by atoms with Gasteiger partial charge in [0.2, 0.25) is 0 Å². The van der Waals surface area contributed by atoms with Crippen molar-refractivity contribution in [1.29, 1.82) is 0 Å². The van der Waals surface area contributed by atoms with E-state index in [0.717, 1.165) is 57.8 Å². The molecule has 3 N–H and O–H groups in total. The number of carbonyl (C=O) groups excluding carboxylic acids is 1. The molecule has 0 bridgehead atoms. The number of hydrogen-bond acceptors (Lipinski definition) is 6. The fourth-order valence-electron chi connectivity index (χ4n) is 13.1. The van der Waals surface area contributed by atoms with Crippen LogP contribution < -0.4 is 0 Å². The lowest BCUT2D eigenvalue weighted by molar-refractivity contribution is -0.213. The minimum absolute atomic E-state index is 0.0103. The van der Waals surface area contributed by atoms with Crippen LogP contribution in [0.3, 0.4) is 0 Å². The zero-order chi connectivity index (χ0) is 31.0. The van der Waals surface area contributed by atoms with Crippen LogP contribution in [0.2, 0.25) is 0 Å². The molecule has 6 heteroatoms. The summed E-state index contributed by atoms with van der Waals surface area (Å²) < 4.78 is 12.9. The van der Waals surface area contributed by atoms with Gasteiger partial charge in [-0.15, -0.1) is 0 Å². The second-order valence-corrected chi connectivity index (χ2v) is 17.6. The van der Waals surface area contributed by atoms with E-state index >= 15 is 0 Å². The van der Waals surface area contributed by atoms with E-state index in [4.69, 9.17) is 9.47 Å². The fourth-order valence-corrected chi connectivity index (χ4v) is 13.1. The molecule has 1 heterocycles. The van der Waals surface area contributed by atoms with E-state index in [1.165, 1.54) is 0 Å². The standard InChI is InChI=1S/C37H54O6/c1-31(2)26(42-30(40)22-11-9-8-10-12-22)14-16-37-21-36(37)18-17-33(5)29(35(7)15-13-27(43-35)32(3,4)41)24(39)20-34(33,6)25(36)19-23(38)28(31)37/h8-12,23-29,38-39,41H,13-21H2,1-7H3/t23-,24-,25?,26-,27-,28-,29-,33+,34-,35+,36-,37+/m0/s1. The highest BCUT2D eigenvalue weighted by Crippen LogP contribution is 2.89. The zero-order valence-corrected chi connectivity index (χ0v) is 27.4. The number of carbonyl (C=O) groups is 1. The molecule has 0 amide bonds. The molecular formula is C37H54O6. The average Bonchev–Trinajstić information content (AvgIpc) is 3.27. The Kier molecular flexibility index (Phi) is 6.37. The van der Waals surface area contributed by atoms with Crippen LogP contribution in [-0.4, -0.2) is 56.9 Å². The monoisotopic (exact) mass is 594 g/mol. The van der Waals surface area contributed by atoms with Gasteiger partial charge >= 0.3 is 5.97 Å². The van der Waals surface area contributed by atoms with Gasteiger partial charge in [0.15, 0.2) is 0 Å². The van der Waals surface area contributed by atoms with Crippen molar-refractivity contribution in [3.05, 3.63) is 35.9 Å². The average molecular weight is 595 g/mol. The van der Waals surface area contributed by atoms with Gasteiger partial charge in [-0.3, -0.25) is 0 Å². The molecule has 0 radical (unpaired) electrons. The highest BCUT2D eigenvalue weighted by Gasteiger charge is 2.85. The molecule has 6 fully saturated rings. The number of hydrogen-bond donors (Lipinski definition) is 3. The number of benzene rings is 1. The van der Waals surface area contributed by atoms with Crippen molar-refractivity contribution in [2.24, 2.45) is 44.8 Å². The molecule has 43 heavy (non-hydrogen) atoms. The van der Waals surface area contributed by atoms with E-state index < -0.39 is 23.4 Å². The lowest BCUT2D eigenvalue weighted by atomic mass is 9.41. The highest BCUT2D eigenvalue weighted by molar-refractivity contribution is 5.89. The van der Waals surface area contributed by atoms with Crippen molar-refractivity contribution in [2.45, 2.75) is 142 Å². The molecule has 1 aromatic rings. The summed E-state index contributed by atoms with van der Waals surface area (Å²) >= 11 is 0. The number of ether oxygens (including phenoxy) is 2. The predicted octanol–water partition coefficient (Wildman–Crippen LogP) is 6.30. The summed E-state index contributed by atoms with van der Waals surface area (Å²) in [6, 6.07) is 9.25. The fraction of sp³-hybridized carbons (Fsp3) is 0.811. The maximum atomic E-state index is 13.1. The third-order valence-corrected chi connectivity index (χ3v) is 15.0. The van der Waals surface area contributed by atoms with Crippen LogP contribution in [0, 0.1) is 44.8 Å². The second kappa shape index (κ2) is 9.08. The summed E-state index contributed by atoms with van der Waals surface area (Å²) in [7, 11) is 0. The Morgan fingerprint density at radius 3 is 2.23 bits per heavy atom. The summed E-state index contributed by atoms with van der Waals surface area (Å²) in [5, 5.41) is 34.8. The lowest BCUT2D eigenvalue weighted by Crippen LogP contribution is -2.62. The van der Waals surface area contributed by atoms with Crippen LogP contribution in [-0.2, 0) is 9.47 Å². The molecule has 238 valence electrons. The number of esters is 1. The van der Waals surface area contributed by atoms with Crippen LogP contribution in [0.5, 0.6) is 0 Å². The Morgan fingerprint density at radius 2 is 1.58 bits per heavy atom. The van der Waals surface area contributed by atoms with Gasteiger partial charge in [-0.25, -0.2) is 4.79 Å². The first-order chi connectivity index (χ1) is 20.0. The molecule has 0 aromatic heterocycles. The Balaban J connectivity index is 1.17. The first-order valence-electron chi connectivity index (χ1n) is 17.0. The predicted molar refractivity (Wildman–Crippen MR) is 164 cm³/mol. The van der Waals surface area contributed by atoms with E-state index in [1.54, 1.807) is 12.1 Å². The van der Waals surface area contributed by atoms with Crippen molar-refractivity contribution < 1.29 is 29.6 Å². The number of aliphatic hydroxyl groups excluding tert-OH is 2. The SMILES string of the molecule is CC(C)(O)[C@@H]1CC[C@](C)([C@H]2[C@@H](O)C[C@@]3(C)C4C[C@H](O)[C@H]5C(C)(C)[C@@H](OC(=O)c6ccccc6)CC[C@@]56C[C@@]46CC[C@]23C)O1. The summed E-state index contributed by atoms with van der Waals surface area (Å²) in [4.78, 5) is 13.1. The zero-order valence-electron chi connectivity index (χ0n) is 27.4. The van der Waals surface area contributed by atoms with E-state index in [-0.39, 0.29) is 57.1 Å². The second-order valence-electron chi connectivity index (χ2n) is 17.6. The van der Waals surface area contributed by atoms with Gasteiger partial charge in [0.1, 0.15) is 6.10 Å². The molecule has 1 aliphatic heterocycles. The maximum absolute atomic E-state index is 13.1. The van der Waals surface area contributed by atoms with Crippen molar-refractivity contribution in [2.75, 3.05) is 0 Å². The van der Waals surface area contributed by atoms with E-state index in [1.807, 2.05) is 32.0 Å². The molecule has 12 atom stereocenters. The molecule has 1 saturated heterocycles. The lowest BCUT2D eigenvalue weighted by Gasteiger charge is -2.64. The summed E-state index contributed by atoms with van der Waals surface area (Å²) in [6.45, 7) is 15.1. The van der Waals surface area contributed by atoms with Crippen LogP contribution in [0.25, 0.3) is 0 Å². The van der Waals surface area contributed by atoms with E-state index in [0.29, 0.717) is 11.5 Å². The van der Waals surface area contributed by atoms with Gasteiger partial charge in [-0.1, -0.05) is 45.9 Å². The van der Waals surface area contributed by atoms with Crippen LogP contribution in [0.15, 0.2) is 30.3 Å². The summed E-state index contributed by atoms with van der Waals surface area (Å²) in [6.07, 6.45) is 6.83. The first kappa shape index (κ1) is 30.2. The normalized spacial score (nSPS) is 51.5. The number of rotatable bonds is 4. The molecule has 5 saturated carbocycles. The third kappa shape index (κ3) is 3.82. The molecular weight excluding hydrogens is 540 g/mol. The minimum Gasteiger partial charge on any atom is -0.458 e. The summed E-state index contributed by atoms with van der Waals surface area (Å²) in [5.74, 6) is 0.129. The first-order valence-corrected chi connectivity index (χ1v) is 17.0. The summed E-state index contributed by atoms with van der Waals surface area (Å²) in [5.41, 5.74) is -1.18.